The van der Waals surface area contributed by atoms with E-state index in [-0.39, 0.29) is 10.6 Å². The third-order valence-corrected chi connectivity index (χ3v) is 9.52. The molecule has 0 spiro atoms. The largest absolute Gasteiger partial charge is 0.416 e. The Kier molecular flexibility index (Phi) is 4.16. The standard InChI is InChI=1S/C17H29NOSi/c1-16(2,3)20(4,5)19-13-10-14-6-8-15(9-7-14)17(18)11-12-17/h6-9H,10-13,18H2,1-5H3. The molecule has 2 rings (SSSR count). The third kappa shape index (κ3) is 3.51. The highest BCUT2D eigenvalue weighted by atomic mass is 28.4. The summed E-state index contributed by atoms with van der Waals surface area (Å²) >= 11 is 0. The first-order valence-corrected chi connectivity index (χ1v) is 10.6. The number of nitrogens with two attached hydrogens (primary N) is 1. The minimum absolute atomic E-state index is 0.0177. The van der Waals surface area contributed by atoms with Crippen LogP contribution in [0.25, 0.3) is 0 Å². The maximum absolute atomic E-state index is 6.22. The van der Waals surface area contributed by atoms with Crippen LogP contribution < -0.4 is 5.73 Å². The van der Waals surface area contributed by atoms with Crippen molar-refractivity contribution in [2.24, 2.45) is 5.73 Å². The fraction of sp³-hybridized carbons (Fsp3) is 0.647. The van der Waals surface area contributed by atoms with Crippen molar-refractivity contribution in [3.63, 3.8) is 0 Å². The molecule has 1 saturated carbocycles. The normalized spacial score (nSPS) is 18.1. The zero-order chi connectivity index (χ0) is 15.0. The molecular formula is C17H29NOSi. The molecule has 0 unspecified atom stereocenters. The molecule has 20 heavy (non-hydrogen) atoms. The van der Waals surface area contributed by atoms with E-state index >= 15 is 0 Å². The molecule has 0 radical (unpaired) electrons. The van der Waals surface area contributed by atoms with Gasteiger partial charge in [-0.05, 0) is 48.5 Å². The van der Waals surface area contributed by atoms with Gasteiger partial charge in [0.25, 0.3) is 0 Å². The summed E-state index contributed by atoms with van der Waals surface area (Å²) in [6.45, 7) is 12.3. The Morgan fingerprint density at radius 3 is 2.15 bits per heavy atom. The van der Waals surface area contributed by atoms with Crippen molar-refractivity contribution in [1.82, 2.24) is 0 Å². The van der Waals surface area contributed by atoms with E-state index in [0.29, 0.717) is 0 Å². The summed E-state index contributed by atoms with van der Waals surface area (Å²) in [5, 5.41) is 0.286. The van der Waals surface area contributed by atoms with E-state index in [0.717, 1.165) is 25.9 Å². The summed E-state index contributed by atoms with van der Waals surface area (Å²) in [7, 11) is -1.61. The highest BCUT2D eigenvalue weighted by Gasteiger charge is 2.39. The van der Waals surface area contributed by atoms with E-state index in [1.165, 1.54) is 11.1 Å². The van der Waals surface area contributed by atoms with Crippen LogP contribution >= 0.6 is 0 Å². The van der Waals surface area contributed by atoms with Crippen LogP contribution in [0.5, 0.6) is 0 Å². The van der Waals surface area contributed by atoms with Crippen LogP contribution in [0, 0.1) is 0 Å². The minimum atomic E-state index is -1.61. The lowest BCUT2D eigenvalue weighted by atomic mass is 10.0. The fourth-order valence-electron chi connectivity index (χ4n) is 2.07. The van der Waals surface area contributed by atoms with Gasteiger partial charge >= 0.3 is 0 Å². The Labute approximate surface area is 124 Å². The molecule has 0 heterocycles. The average molecular weight is 292 g/mol. The minimum Gasteiger partial charge on any atom is -0.416 e. The smallest absolute Gasteiger partial charge is 0.191 e. The van der Waals surface area contributed by atoms with Crippen LogP contribution in [-0.2, 0) is 16.4 Å². The SMILES string of the molecule is CC(C)(C)[Si](C)(C)OCCc1ccc(C2(N)CC2)cc1. The van der Waals surface area contributed by atoms with Gasteiger partial charge in [-0.3, -0.25) is 0 Å². The second-order valence-corrected chi connectivity index (χ2v) is 12.5. The van der Waals surface area contributed by atoms with Gasteiger partial charge < -0.3 is 10.2 Å². The molecule has 0 aromatic heterocycles. The van der Waals surface area contributed by atoms with Gasteiger partial charge in [0.1, 0.15) is 0 Å². The van der Waals surface area contributed by atoms with E-state index < -0.39 is 8.32 Å². The Morgan fingerprint density at radius 1 is 1.15 bits per heavy atom. The molecule has 112 valence electrons. The molecule has 2 nitrogen and oxygen atoms in total. The van der Waals surface area contributed by atoms with E-state index in [9.17, 15) is 0 Å². The Bertz CT molecular complexity index is 455. The molecule has 0 atom stereocenters. The number of benzene rings is 1. The highest BCUT2D eigenvalue weighted by molar-refractivity contribution is 6.74. The molecule has 1 fully saturated rings. The molecule has 1 aliphatic rings. The van der Waals surface area contributed by atoms with Crippen LogP contribution in [0.3, 0.4) is 0 Å². The lowest BCUT2D eigenvalue weighted by molar-refractivity contribution is 0.292. The van der Waals surface area contributed by atoms with Gasteiger partial charge in [0.15, 0.2) is 8.32 Å². The van der Waals surface area contributed by atoms with Crippen molar-refractivity contribution in [3.8, 4) is 0 Å². The van der Waals surface area contributed by atoms with Crippen molar-refractivity contribution in [1.29, 1.82) is 0 Å². The molecule has 1 aromatic carbocycles. The third-order valence-electron chi connectivity index (χ3n) is 4.98. The number of hydrogen-bond acceptors (Lipinski definition) is 2. The van der Waals surface area contributed by atoms with E-state index in [1.807, 2.05) is 0 Å². The summed E-state index contributed by atoms with van der Waals surface area (Å²) in [4.78, 5) is 0. The van der Waals surface area contributed by atoms with Gasteiger partial charge in [-0.15, -0.1) is 0 Å². The van der Waals surface area contributed by atoms with Gasteiger partial charge in [-0.25, -0.2) is 0 Å². The first-order chi connectivity index (χ1) is 9.14. The van der Waals surface area contributed by atoms with Gasteiger partial charge in [0.05, 0.1) is 0 Å². The van der Waals surface area contributed by atoms with Gasteiger partial charge in [-0.1, -0.05) is 45.0 Å². The van der Waals surface area contributed by atoms with Crippen LogP contribution in [0.2, 0.25) is 18.1 Å². The summed E-state index contributed by atoms with van der Waals surface area (Å²) in [6, 6.07) is 8.79. The highest BCUT2D eigenvalue weighted by Crippen LogP contribution is 2.42. The predicted molar refractivity (Wildman–Crippen MR) is 88.4 cm³/mol. The number of rotatable bonds is 5. The average Bonchev–Trinajstić information content (AvgIpc) is 3.08. The number of hydrogen-bond donors (Lipinski definition) is 1. The Hall–Kier alpha value is -0.643. The van der Waals surface area contributed by atoms with E-state index in [2.05, 4.69) is 58.1 Å². The summed E-state index contributed by atoms with van der Waals surface area (Å²) in [5.74, 6) is 0. The molecule has 0 bridgehead atoms. The molecule has 0 saturated heterocycles. The van der Waals surface area contributed by atoms with Gasteiger partial charge in [0.2, 0.25) is 0 Å². The van der Waals surface area contributed by atoms with E-state index in [4.69, 9.17) is 10.2 Å². The molecule has 2 N–H and O–H groups in total. The monoisotopic (exact) mass is 291 g/mol. The Morgan fingerprint density at radius 2 is 1.70 bits per heavy atom. The van der Waals surface area contributed by atoms with Crippen LogP contribution in [0.1, 0.15) is 44.7 Å². The molecule has 3 heteroatoms. The molecule has 1 aliphatic carbocycles. The van der Waals surface area contributed by atoms with Crippen LogP contribution in [0.4, 0.5) is 0 Å². The maximum Gasteiger partial charge on any atom is 0.191 e. The van der Waals surface area contributed by atoms with Crippen molar-refractivity contribution in [2.45, 2.75) is 63.7 Å². The first-order valence-electron chi connectivity index (χ1n) is 7.66. The lowest BCUT2D eigenvalue weighted by Crippen LogP contribution is -2.41. The fourth-order valence-corrected chi connectivity index (χ4v) is 3.11. The second-order valence-electron chi connectivity index (χ2n) is 7.71. The molecule has 1 aromatic rings. The van der Waals surface area contributed by atoms with Crippen LogP contribution in [0.15, 0.2) is 24.3 Å². The summed E-state index contributed by atoms with van der Waals surface area (Å²) in [5.41, 5.74) is 8.81. The molecule has 0 amide bonds. The van der Waals surface area contributed by atoms with Crippen molar-refractivity contribution in [2.75, 3.05) is 6.61 Å². The predicted octanol–water partition coefficient (Wildman–Crippen LogP) is 4.20. The quantitative estimate of drug-likeness (QED) is 0.825. The summed E-state index contributed by atoms with van der Waals surface area (Å²) < 4.78 is 6.22. The molecular weight excluding hydrogens is 262 g/mol. The zero-order valence-electron chi connectivity index (χ0n) is 13.6. The zero-order valence-corrected chi connectivity index (χ0v) is 14.6. The lowest BCUT2D eigenvalue weighted by Gasteiger charge is -2.36. The first kappa shape index (κ1) is 15.7. The van der Waals surface area contributed by atoms with Crippen LogP contribution in [-0.4, -0.2) is 14.9 Å². The topological polar surface area (TPSA) is 35.2 Å². The van der Waals surface area contributed by atoms with Crippen molar-refractivity contribution in [3.05, 3.63) is 35.4 Å². The van der Waals surface area contributed by atoms with E-state index in [1.54, 1.807) is 0 Å². The van der Waals surface area contributed by atoms with Crippen molar-refractivity contribution >= 4 is 8.32 Å². The molecule has 0 aliphatic heterocycles. The second kappa shape index (κ2) is 5.28. The van der Waals surface area contributed by atoms with Gasteiger partial charge in [0, 0.05) is 12.1 Å². The Balaban J connectivity index is 1.86. The summed E-state index contributed by atoms with van der Waals surface area (Å²) in [6.07, 6.45) is 3.24. The van der Waals surface area contributed by atoms with Crippen molar-refractivity contribution < 1.29 is 4.43 Å². The maximum atomic E-state index is 6.22. The van der Waals surface area contributed by atoms with Gasteiger partial charge in [-0.2, -0.15) is 0 Å².